The molecule has 1 aliphatic heterocycles. The molecular weight excluding hydrogens is 228 g/mol. The van der Waals surface area contributed by atoms with Gasteiger partial charge in [0.05, 0.1) is 6.61 Å². The monoisotopic (exact) mass is 248 g/mol. The van der Waals surface area contributed by atoms with Crippen molar-refractivity contribution < 1.29 is 9.90 Å². The fourth-order valence-electron chi connectivity index (χ4n) is 2.38. The summed E-state index contributed by atoms with van der Waals surface area (Å²) in [6.07, 6.45) is 1.29. The quantitative estimate of drug-likeness (QED) is 0.848. The summed E-state index contributed by atoms with van der Waals surface area (Å²) < 4.78 is 0. The lowest BCUT2D eigenvalue weighted by atomic mass is 9.95. The molecule has 1 aromatic carbocycles. The van der Waals surface area contributed by atoms with E-state index in [1.54, 1.807) is 11.9 Å². The van der Waals surface area contributed by atoms with Crippen LogP contribution in [0.3, 0.4) is 0 Å². The van der Waals surface area contributed by atoms with E-state index in [1.165, 1.54) is 0 Å². The molecule has 0 fully saturated rings. The fraction of sp³-hybridized carbons (Fsp3) is 0.500. The van der Waals surface area contributed by atoms with Crippen LogP contribution in [0.4, 0.5) is 5.69 Å². The van der Waals surface area contributed by atoms with E-state index in [2.05, 4.69) is 5.32 Å². The van der Waals surface area contributed by atoms with Crippen LogP contribution in [0.15, 0.2) is 24.3 Å². The normalized spacial score (nSPS) is 20.7. The Labute approximate surface area is 108 Å². The minimum atomic E-state index is 0.00185. The highest BCUT2D eigenvalue weighted by molar-refractivity contribution is 5.96. The number of carbonyl (C=O) groups excluding carboxylic acids is 1. The maximum atomic E-state index is 11.9. The molecule has 4 heteroatoms. The number of carbonyl (C=O) groups is 1. The van der Waals surface area contributed by atoms with E-state index < -0.39 is 0 Å². The number of fused-ring (bicyclic) bond motifs is 1. The van der Waals surface area contributed by atoms with Gasteiger partial charge < -0.3 is 15.3 Å². The highest BCUT2D eigenvalue weighted by Crippen LogP contribution is 2.33. The number of anilines is 1. The molecule has 0 saturated heterocycles. The third-order valence-electron chi connectivity index (χ3n) is 3.58. The topological polar surface area (TPSA) is 52.6 Å². The Morgan fingerprint density at radius 2 is 2.22 bits per heavy atom. The van der Waals surface area contributed by atoms with Crippen LogP contribution in [-0.4, -0.2) is 30.7 Å². The Kier molecular flexibility index (Phi) is 3.99. The Morgan fingerprint density at radius 3 is 2.89 bits per heavy atom. The van der Waals surface area contributed by atoms with E-state index in [1.807, 2.05) is 31.2 Å². The van der Waals surface area contributed by atoms with Crippen LogP contribution in [0.2, 0.25) is 0 Å². The van der Waals surface area contributed by atoms with E-state index in [4.69, 9.17) is 0 Å². The molecule has 2 N–H and O–H groups in total. The molecule has 0 aliphatic carbocycles. The van der Waals surface area contributed by atoms with Crippen molar-refractivity contribution in [2.75, 3.05) is 18.6 Å². The average Bonchev–Trinajstić information content (AvgIpc) is 2.41. The average molecular weight is 248 g/mol. The molecule has 0 aromatic heterocycles. The van der Waals surface area contributed by atoms with E-state index in [0.29, 0.717) is 6.42 Å². The SMILES string of the molecule is CC[C@H](CO)NC1CC(=O)N(C)c2ccccc21. The van der Waals surface area contributed by atoms with Gasteiger partial charge in [-0.1, -0.05) is 25.1 Å². The molecule has 0 bridgehead atoms. The van der Waals surface area contributed by atoms with Gasteiger partial charge in [-0.15, -0.1) is 0 Å². The Hall–Kier alpha value is -1.39. The maximum Gasteiger partial charge on any atom is 0.228 e. The summed E-state index contributed by atoms with van der Waals surface area (Å²) >= 11 is 0. The largest absolute Gasteiger partial charge is 0.395 e. The summed E-state index contributed by atoms with van der Waals surface area (Å²) in [7, 11) is 1.81. The highest BCUT2D eigenvalue weighted by Gasteiger charge is 2.29. The van der Waals surface area contributed by atoms with Crippen LogP contribution >= 0.6 is 0 Å². The third kappa shape index (κ3) is 2.40. The second-order valence-electron chi connectivity index (χ2n) is 4.72. The predicted molar refractivity (Wildman–Crippen MR) is 71.5 cm³/mol. The van der Waals surface area contributed by atoms with Crippen molar-refractivity contribution in [2.24, 2.45) is 0 Å². The molecule has 0 saturated carbocycles. The predicted octanol–water partition coefficient (Wildman–Crippen LogP) is 1.45. The molecule has 0 spiro atoms. The Balaban J connectivity index is 2.27. The highest BCUT2D eigenvalue weighted by atomic mass is 16.3. The van der Waals surface area contributed by atoms with Gasteiger partial charge in [-0.25, -0.2) is 0 Å². The van der Waals surface area contributed by atoms with Crippen molar-refractivity contribution >= 4 is 11.6 Å². The minimum absolute atomic E-state index is 0.00185. The van der Waals surface area contributed by atoms with E-state index in [9.17, 15) is 9.90 Å². The first-order valence-electron chi connectivity index (χ1n) is 6.39. The van der Waals surface area contributed by atoms with Gasteiger partial charge in [0.25, 0.3) is 0 Å². The number of benzene rings is 1. The van der Waals surface area contributed by atoms with Crippen LogP contribution in [0, 0.1) is 0 Å². The molecule has 0 radical (unpaired) electrons. The van der Waals surface area contributed by atoms with Crippen molar-refractivity contribution in [3.63, 3.8) is 0 Å². The summed E-state index contributed by atoms with van der Waals surface area (Å²) in [5, 5.41) is 12.6. The van der Waals surface area contributed by atoms with Crippen molar-refractivity contribution in [2.45, 2.75) is 31.8 Å². The van der Waals surface area contributed by atoms with Crippen molar-refractivity contribution in [3.8, 4) is 0 Å². The summed E-state index contributed by atoms with van der Waals surface area (Å²) in [4.78, 5) is 13.7. The zero-order valence-electron chi connectivity index (χ0n) is 10.9. The van der Waals surface area contributed by atoms with Gasteiger partial charge >= 0.3 is 0 Å². The molecule has 1 unspecified atom stereocenters. The van der Waals surface area contributed by atoms with Gasteiger partial charge in [-0.2, -0.15) is 0 Å². The first-order valence-corrected chi connectivity index (χ1v) is 6.39. The zero-order chi connectivity index (χ0) is 13.1. The zero-order valence-corrected chi connectivity index (χ0v) is 10.9. The van der Waals surface area contributed by atoms with Gasteiger partial charge in [0, 0.05) is 31.2 Å². The summed E-state index contributed by atoms with van der Waals surface area (Å²) in [6, 6.07) is 7.97. The molecule has 2 atom stereocenters. The number of hydrogen-bond donors (Lipinski definition) is 2. The van der Waals surface area contributed by atoms with Crippen molar-refractivity contribution in [1.29, 1.82) is 0 Å². The molecule has 1 aliphatic rings. The van der Waals surface area contributed by atoms with Crippen molar-refractivity contribution in [3.05, 3.63) is 29.8 Å². The van der Waals surface area contributed by atoms with Gasteiger partial charge in [0.1, 0.15) is 0 Å². The lowest BCUT2D eigenvalue weighted by Crippen LogP contribution is -2.42. The molecule has 1 aromatic rings. The summed E-state index contributed by atoms with van der Waals surface area (Å²) in [6.45, 7) is 2.12. The molecule has 4 nitrogen and oxygen atoms in total. The lowest BCUT2D eigenvalue weighted by molar-refractivity contribution is -0.119. The third-order valence-corrected chi connectivity index (χ3v) is 3.58. The molecule has 2 rings (SSSR count). The Bertz CT molecular complexity index is 430. The maximum absolute atomic E-state index is 11.9. The lowest BCUT2D eigenvalue weighted by Gasteiger charge is -2.33. The standard InChI is InChI=1S/C14H20N2O2/c1-3-10(9-17)15-12-8-14(18)16(2)13-7-5-4-6-11(12)13/h4-7,10,12,15,17H,3,8-9H2,1-2H3/t10-,12?/m1/s1. The molecular formula is C14H20N2O2. The summed E-state index contributed by atoms with van der Waals surface area (Å²) in [5.74, 6) is 0.110. The van der Waals surface area contributed by atoms with Crippen LogP contribution < -0.4 is 10.2 Å². The van der Waals surface area contributed by atoms with E-state index in [-0.39, 0.29) is 24.6 Å². The number of para-hydroxylation sites is 1. The smallest absolute Gasteiger partial charge is 0.228 e. The van der Waals surface area contributed by atoms with E-state index in [0.717, 1.165) is 17.7 Å². The van der Waals surface area contributed by atoms with Crippen molar-refractivity contribution in [1.82, 2.24) is 5.32 Å². The second-order valence-corrected chi connectivity index (χ2v) is 4.72. The van der Waals surface area contributed by atoms with E-state index >= 15 is 0 Å². The Morgan fingerprint density at radius 1 is 1.50 bits per heavy atom. The minimum Gasteiger partial charge on any atom is -0.395 e. The molecule has 1 amide bonds. The van der Waals surface area contributed by atoms with Crippen LogP contribution in [0.1, 0.15) is 31.4 Å². The second kappa shape index (κ2) is 5.50. The van der Waals surface area contributed by atoms with Crippen LogP contribution in [0.5, 0.6) is 0 Å². The number of aliphatic hydroxyl groups excluding tert-OH is 1. The van der Waals surface area contributed by atoms with Crippen LogP contribution in [-0.2, 0) is 4.79 Å². The van der Waals surface area contributed by atoms with Gasteiger partial charge in [0.2, 0.25) is 5.91 Å². The van der Waals surface area contributed by atoms with Gasteiger partial charge in [-0.3, -0.25) is 4.79 Å². The molecule has 98 valence electrons. The number of nitrogens with zero attached hydrogens (tertiary/aromatic N) is 1. The fourth-order valence-corrected chi connectivity index (χ4v) is 2.38. The number of hydrogen-bond acceptors (Lipinski definition) is 3. The molecule has 1 heterocycles. The molecule has 18 heavy (non-hydrogen) atoms. The number of amides is 1. The number of nitrogens with one attached hydrogen (secondary N) is 1. The summed E-state index contributed by atoms with van der Waals surface area (Å²) in [5.41, 5.74) is 2.09. The van der Waals surface area contributed by atoms with Gasteiger partial charge in [0.15, 0.2) is 0 Å². The number of aliphatic hydroxyl groups is 1. The first-order chi connectivity index (χ1) is 8.67. The van der Waals surface area contributed by atoms with Crippen LogP contribution in [0.25, 0.3) is 0 Å². The van der Waals surface area contributed by atoms with Gasteiger partial charge in [-0.05, 0) is 18.1 Å². The first kappa shape index (κ1) is 13.1. The number of rotatable bonds is 4.